The van der Waals surface area contributed by atoms with Gasteiger partial charge in [-0.15, -0.1) is 0 Å². The fourth-order valence-electron chi connectivity index (χ4n) is 3.66. The van der Waals surface area contributed by atoms with Crippen LogP contribution in [-0.4, -0.2) is 21.5 Å². The Hall–Kier alpha value is -3.63. The molecule has 0 amide bonds. The van der Waals surface area contributed by atoms with Crippen molar-refractivity contribution in [3.05, 3.63) is 103 Å². The molecule has 0 saturated heterocycles. The van der Waals surface area contributed by atoms with Crippen molar-refractivity contribution in [2.75, 3.05) is 6.54 Å². The van der Waals surface area contributed by atoms with E-state index in [1.165, 1.54) is 5.56 Å². The number of hydrogen-bond donors (Lipinski definition) is 3. The molecule has 0 bridgehead atoms. The average molecular weight is 395 g/mol. The summed E-state index contributed by atoms with van der Waals surface area (Å²) >= 11 is 0. The minimum Gasteiger partial charge on any atom is -0.361 e. The van der Waals surface area contributed by atoms with Crippen molar-refractivity contribution >= 4 is 12.2 Å². The molecule has 0 fully saturated rings. The zero-order valence-electron chi connectivity index (χ0n) is 17.0. The third-order valence-corrected chi connectivity index (χ3v) is 5.17. The van der Waals surface area contributed by atoms with E-state index >= 15 is 0 Å². The Morgan fingerprint density at radius 3 is 2.27 bits per heavy atom. The van der Waals surface area contributed by atoms with Gasteiger partial charge in [-0.1, -0.05) is 79.9 Å². The van der Waals surface area contributed by atoms with Crippen LogP contribution in [-0.2, 0) is 13.0 Å². The van der Waals surface area contributed by atoms with E-state index < -0.39 is 0 Å². The molecule has 2 aromatic carbocycles. The molecule has 2 heterocycles. The van der Waals surface area contributed by atoms with Crippen molar-refractivity contribution in [1.82, 2.24) is 20.3 Å². The van der Waals surface area contributed by atoms with Crippen LogP contribution in [0.15, 0.2) is 80.0 Å². The number of H-pyrrole nitrogens is 2. The first-order valence-corrected chi connectivity index (χ1v) is 10.2. The normalized spacial score (nSPS) is 10.8. The SMILES string of the molecule is C=Cc1[nH]cc(CCNCc2nc(-c3ccccc3)c(-c3ccccc3)[nH]2)c1C=C. The maximum atomic E-state index is 4.90. The minimum atomic E-state index is 0.675. The van der Waals surface area contributed by atoms with Crippen LogP contribution in [0.4, 0.5) is 0 Å². The van der Waals surface area contributed by atoms with E-state index in [1.807, 2.05) is 42.6 Å². The van der Waals surface area contributed by atoms with Crippen molar-refractivity contribution in [2.45, 2.75) is 13.0 Å². The van der Waals surface area contributed by atoms with Crippen LogP contribution in [0.5, 0.6) is 0 Å². The minimum absolute atomic E-state index is 0.675. The molecule has 150 valence electrons. The van der Waals surface area contributed by atoms with Crippen molar-refractivity contribution in [1.29, 1.82) is 0 Å². The lowest BCUT2D eigenvalue weighted by Gasteiger charge is -2.03. The van der Waals surface area contributed by atoms with Gasteiger partial charge in [0.25, 0.3) is 0 Å². The Balaban J connectivity index is 1.48. The van der Waals surface area contributed by atoms with Gasteiger partial charge in [-0.05, 0) is 24.6 Å². The highest BCUT2D eigenvalue weighted by molar-refractivity contribution is 5.78. The second kappa shape index (κ2) is 9.25. The first-order chi connectivity index (χ1) is 14.8. The van der Waals surface area contributed by atoms with Crippen LogP contribution in [0.1, 0.15) is 22.6 Å². The van der Waals surface area contributed by atoms with E-state index in [9.17, 15) is 0 Å². The van der Waals surface area contributed by atoms with Crippen LogP contribution in [0.2, 0.25) is 0 Å². The molecule has 4 rings (SSSR count). The molecule has 0 saturated carbocycles. The van der Waals surface area contributed by atoms with E-state index in [0.29, 0.717) is 6.54 Å². The number of nitrogens with zero attached hydrogens (tertiary/aromatic N) is 1. The summed E-state index contributed by atoms with van der Waals surface area (Å²) in [5.74, 6) is 0.928. The highest BCUT2D eigenvalue weighted by Gasteiger charge is 2.14. The Morgan fingerprint density at radius 2 is 1.60 bits per heavy atom. The Bertz CT molecular complexity index is 1060. The van der Waals surface area contributed by atoms with Gasteiger partial charge in [0.05, 0.1) is 17.9 Å². The highest BCUT2D eigenvalue weighted by Crippen LogP contribution is 2.29. The number of aromatic amines is 2. The Labute approximate surface area is 177 Å². The maximum Gasteiger partial charge on any atom is 0.121 e. The first-order valence-electron chi connectivity index (χ1n) is 10.2. The molecule has 0 atom stereocenters. The van der Waals surface area contributed by atoms with Crippen LogP contribution in [0.3, 0.4) is 0 Å². The third kappa shape index (κ3) is 4.19. The molecule has 4 aromatic rings. The summed E-state index contributed by atoms with van der Waals surface area (Å²) in [5, 5.41) is 3.50. The standard InChI is InChI=1S/C26H26N4/c1-3-22-21(17-28-23(22)4-2)15-16-27-18-24-29-25(19-11-7-5-8-12-19)26(30-24)20-13-9-6-10-14-20/h3-14,17,27-28H,1-2,15-16,18H2,(H,29,30). The molecule has 0 unspecified atom stereocenters. The van der Waals surface area contributed by atoms with E-state index in [0.717, 1.165) is 52.6 Å². The van der Waals surface area contributed by atoms with Gasteiger partial charge in [-0.2, -0.15) is 0 Å². The Kier molecular flexibility index (Phi) is 6.06. The van der Waals surface area contributed by atoms with Gasteiger partial charge in [0.2, 0.25) is 0 Å². The van der Waals surface area contributed by atoms with Crippen molar-refractivity contribution in [3.8, 4) is 22.5 Å². The molecule has 30 heavy (non-hydrogen) atoms. The molecule has 0 radical (unpaired) electrons. The van der Waals surface area contributed by atoms with Crippen LogP contribution in [0.25, 0.3) is 34.7 Å². The molecule has 4 heteroatoms. The molecule has 0 aliphatic rings. The van der Waals surface area contributed by atoms with Crippen molar-refractivity contribution in [3.63, 3.8) is 0 Å². The van der Waals surface area contributed by atoms with Crippen LogP contribution < -0.4 is 5.32 Å². The van der Waals surface area contributed by atoms with Gasteiger partial charge in [0, 0.05) is 28.6 Å². The van der Waals surface area contributed by atoms with E-state index in [1.54, 1.807) is 0 Å². The largest absolute Gasteiger partial charge is 0.361 e. The summed E-state index contributed by atoms with van der Waals surface area (Å²) in [4.78, 5) is 11.7. The monoisotopic (exact) mass is 394 g/mol. The topological polar surface area (TPSA) is 56.5 Å². The fraction of sp³-hybridized carbons (Fsp3) is 0.115. The van der Waals surface area contributed by atoms with Crippen LogP contribution in [0, 0.1) is 0 Å². The summed E-state index contributed by atoms with van der Waals surface area (Å²) in [6.45, 7) is 9.28. The van der Waals surface area contributed by atoms with E-state index in [4.69, 9.17) is 4.98 Å². The highest BCUT2D eigenvalue weighted by atomic mass is 15.0. The zero-order chi connectivity index (χ0) is 20.8. The van der Waals surface area contributed by atoms with E-state index in [2.05, 4.69) is 64.8 Å². The molecular formula is C26H26N4. The molecule has 3 N–H and O–H groups in total. The van der Waals surface area contributed by atoms with Crippen molar-refractivity contribution in [2.24, 2.45) is 0 Å². The number of nitrogens with one attached hydrogen (secondary N) is 3. The predicted octanol–water partition coefficient (Wildman–Crippen LogP) is 5.69. The summed E-state index contributed by atoms with van der Waals surface area (Å²) in [7, 11) is 0. The lowest BCUT2D eigenvalue weighted by molar-refractivity contribution is 0.665. The fourth-order valence-corrected chi connectivity index (χ4v) is 3.66. The number of benzene rings is 2. The van der Waals surface area contributed by atoms with Gasteiger partial charge < -0.3 is 15.3 Å². The second-order valence-corrected chi connectivity index (χ2v) is 7.12. The van der Waals surface area contributed by atoms with E-state index in [-0.39, 0.29) is 0 Å². The summed E-state index contributed by atoms with van der Waals surface area (Å²) in [5.41, 5.74) is 7.66. The van der Waals surface area contributed by atoms with Gasteiger partial charge in [0.1, 0.15) is 5.82 Å². The van der Waals surface area contributed by atoms with Gasteiger partial charge in [0.15, 0.2) is 0 Å². The van der Waals surface area contributed by atoms with Gasteiger partial charge in [-0.25, -0.2) is 4.98 Å². The second-order valence-electron chi connectivity index (χ2n) is 7.12. The maximum absolute atomic E-state index is 4.90. The quantitative estimate of drug-likeness (QED) is 0.319. The molecule has 0 spiro atoms. The number of rotatable bonds is 9. The lowest BCUT2D eigenvalue weighted by atomic mass is 10.1. The molecular weight excluding hydrogens is 368 g/mol. The average Bonchev–Trinajstić information content (AvgIpc) is 3.41. The van der Waals surface area contributed by atoms with Crippen molar-refractivity contribution < 1.29 is 0 Å². The van der Waals surface area contributed by atoms with Crippen LogP contribution >= 0.6 is 0 Å². The molecule has 2 aromatic heterocycles. The molecule has 0 aliphatic carbocycles. The molecule has 0 aliphatic heterocycles. The number of aromatic nitrogens is 3. The number of imidazole rings is 1. The Morgan fingerprint density at radius 1 is 0.900 bits per heavy atom. The summed E-state index contributed by atoms with van der Waals surface area (Å²) < 4.78 is 0. The lowest BCUT2D eigenvalue weighted by Crippen LogP contribution is -2.17. The van der Waals surface area contributed by atoms with Gasteiger partial charge in [-0.3, -0.25) is 0 Å². The zero-order valence-corrected chi connectivity index (χ0v) is 17.0. The first kappa shape index (κ1) is 19.7. The summed E-state index contributed by atoms with van der Waals surface area (Å²) in [6.07, 6.45) is 6.65. The summed E-state index contributed by atoms with van der Waals surface area (Å²) in [6, 6.07) is 20.7. The number of hydrogen-bond acceptors (Lipinski definition) is 2. The molecule has 4 nitrogen and oxygen atoms in total. The predicted molar refractivity (Wildman–Crippen MR) is 126 cm³/mol. The third-order valence-electron chi connectivity index (χ3n) is 5.17. The van der Waals surface area contributed by atoms with Gasteiger partial charge >= 0.3 is 0 Å². The smallest absolute Gasteiger partial charge is 0.121 e.